The van der Waals surface area contributed by atoms with Gasteiger partial charge in [-0.2, -0.15) is 0 Å². The third kappa shape index (κ3) is 2.49. The second-order valence-corrected chi connectivity index (χ2v) is 5.35. The molecule has 1 aliphatic rings. The normalized spacial score (nSPS) is 15.3. The maximum Gasteiger partial charge on any atom is 0.372 e. The number of furan rings is 1. The van der Waals surface area contributed by atoms with Crippen molar-refractivity contribution < 1.29 is 14.3 Å². The van der Waals surface area contributed by atoms with Crippen LogP contribution in [0.3, 0.4) is 0 Å². The predicted molar refractivity (Wildman–Crippen MR) is 72.2 cm³/mol. The second kappa shape index (κ2) is 4.70. The van der Waals surface area contributed by atoms with Gasteiger partial charge < -0.3 is 14.4 Å². The molecule has 2 aromatic rings. The number of hydrogen-bond donors (Lipinski definition) is 1. The Hall–Kier alpha value is -1.81. The molecule has 0 bridgehead atoms. The molecule has 0 aliphatic heterocycles. The summed E-state index contributed by atoms with van der Waals surface area (Å²) in [4.78, 5) is 13.5. The molecular weight excluding hydrogens is 242 g/mol. The number of aromatic carboxylic acids is 1. The van der Waals surface area contributed by atoms with Gasteiger partial charge in [0.05, 0.1) is 0 Å². The van der Waals surface area contributed by atoms with Crippen LogP contribution >= 0.6 is 0 Å². The number of rotatable bonds is 5. The summed E-state index contributed by atoms with van der Waals surface area (Å²) in [5, 5.41) is 10.2. The van der Waals surface area contributed by atoms with E-state index >= 15 is 0 Å². The van der Waals surface area contributed by atoms with Crippen molar-refractivity contribution in [2.75, 3.05) is 13.6 Å². The van der Waals surface area contributed by atoms with Crippen LogP contribution in [-0.2, 0) is 6.54 Å². The molecule has 0 atom stereocenters. The fourth-order valence-corrected chi connectivity index (χ4v) is 2.50. The van der Waals surface area contributed by atoms with Crippen molar-refractivity contribution >= 4 is 16.9 Å². The van der Waals surface area contributed by atoms with Crippen LogP contribution in [0.2, 0.25) is 0 Å². The van der Waals surface area contributed by atoms with Crippen LogP contribution in [0.25, 0.3) is 11.0 Å². The van der Waals surface area contributed by atoms with Gasteiger partial charge in [-0.05, 0) is 31.9 Å². The molecule has 1 N–H and O–H groups in total. The number of para-hydroxylation sites is 1. The molecule has 0 spiro atoms. The molecule has 0 amide bonds. The van der Waals surface area contributed by atoms with Gasteiger partial charge >= 0.3 is 5.97 Å². The lowest BCUT2D eigenvalue weighted by Crippen LogP contribution is -2.21. The minimum absolute atomic E-state index is 0.0730. The summed E-state index contributed by atoms with van der Waals surface area (Å²) >= 11 is 0. The van der Waals surface area contributed by atoms with Gasteiger partial charge in [-0.1, -0.05) is 18.2 Å². The van der Waals surface area contributed by atoms with Gasteiger partial charge in [-0.3, -0.25) is 0 Å². The highest BCUT2D eigenvalue weighted by Crippen LogP contribution is 2.31. The minimum atomic E-state index is -0.994. The molecule has 19 heavy (non-hydrogen) atoms. The largest absolute Gasteiger partial charge is 0.475 e. The molecule has 100 valence electrons. The molecule has 3 rings (SSSR count). The zero-order chi connectivity index (χ0) is 13.4. The van der Waals surface area contributed by atoms with E-state index in [1.165, 1.54) is 12.8 Å². The van der Waals surface area contributed by atoms with Crippen LogP contribution in [0.5, 0.6) is 0 Å². The highest BCUT2D eigenvalue weighted by Gasteiger charge is 2.25. The van der Waals surface area contributed by atoms with Crippen LogP contribution < -0.4 is 0 Å². The van der Waals surface area contributed by atoms with E-state index in [2.05, 4.69) is 4.90 Å². The van der Waals surface area contributed by atoms with E-state index in [-0.39, 0.29) is 5.76 Å². The second-order valence-electron chi connectivity index (χ2n) is 5.35. The molecule has 1 aromatic carbocycles. The highest BCUT2D eigenvalue weighted by molar-refractivity contribution is 5.95. The topological polar surface area (TPSA) is 53.7 Å². The van der Waals surface area contributed by atoms with Gasteiger partial charge in [-0.25, -0.2) is 4.79 Å². The Morgan fingerprint density at radius 3 is 2.84 bits per heavy atom. The number of hydrogen-bond acceptors (Lipinski definition) is 3. The SMILES string of the molecule is CN(Cc1c(C(=O)O)oc2ccccc12)CC1CC1. The Morgan fingerprint density at radius 1 is 1.42 bits per heavy atom. The first-order valence-electron chi connectivity index (χ1n) is 6.57. The Morgan fingerprint density at radius 2 is 2.16 bits per heavy atom. The van der Waals surface area contributed by atoms with E-state index in [0.717, 1.165) is 23.4 Å². The first kappa shape index (κ1) is 12.2. The molecule has 4 heteroatoms. The van der Waals surface area contributed by atoms with Crippen LogP contribution in [0, 0.1) is 5.92 Å². The lowest BCUT2D eigenvalue weighted by Gasteiger charge is -2.15. The molecule has 0 radical (unpaired) electrons. The summed E-state index contributed by atoms with van der Waals surface area (Å²) in [7, 11) is 2.03. The summed E-state index contributed by atoms with van der Waals surface area (Å²) in [6, 6.07) is 7.50. The number of carboxylic acids is 1. The molecule has 1 aliphatic carbocycles. The average molecular weight is 259 g/mol. The van der Waals surface area contributed by atoms with Crippen LogP contribution in [0.15, 0.2) is 28.7 Å². The van der Waals surface area contributed by atoms with Crippen molar-refractivity contribution in [3.8, 4) is 0 Å². The Bertz CT molecular complexity index is 613. The molecule has 1 heterocycles. The summed E-state index contributed by atoms with van der Waals surface area (Å²) in [5.74, 6) is -0.133. The smallest absolute Gasteiger partial charge is 0.372 e. The maximum absolute atomic E-state index is 11.3. The first-order valence-corrected chi connectivity index (χ1v) is 6.57. The Balaban J connectivity index is 1.94. The summed E-state index contributed by atoms with van der Waals surface area (Å²) in [5.41, 5.74) is 1.43. The highest BCUT2D eigenvalue weighted by atomic mass is 16.4. The number of carboxylic acid groups (broad SMARTS) is 1. The summed E-state index contributed by atoms with van der Waals surface area (Å²) in [6.45, 7) is 1.65. The molecule has 0 saturated heterocycles. The van der Waals surface area contributed by atoms with Crippen molar-refractivity contribution in [1.82, 2.24) is 4.90 Å². The third-order valence-electron chi connectivity index (χ3n) is 3.59. The quantitative estimate of drug-likeness (QED) is 0.896. The van der Waals surface area contributed by atoms with Crippen LogP contribution in [0.1, 0.15) is 29.0 Å². The summed E-state index contributed by atoms with van der Waals surface area (Å²) < 4.78 is 5.46. The van der Waals surface area contributed by atoms with E-state index < -0.39 is 5.97 Å². The average Bonchev–Trinajstić information content (AvgIpc) is 3.10. The van der Waals surface area contributed by atoms with E-state index in [0.29, 0.717) is 12.1 Å². The lowest BCUT2D eigenvalue weighted by molar-refractivity contribution is 0.0662. The summed E-state index contributed by atoms with van der Waals surface area (Å²) in [6.07, 6.45) is 2.59. The number of carbonyl (C=O) groups is 1. The number of nitrogens with zero attached hydrogens (tertiary/aromatic N) is 1. The van der Waals surface area contributed by atoms with Gasteiger partial charge in [0.1, 0.15) is 5.58 Å². The molecule has 1 fully saturated rings. The van der Waals surface area contributed by atoms with E-state index in [4.69, 9.17) is 4.42 Å². The first-order chi connectivity index (χ1) is 9.15. The van der Waals surface area contributed by atoms with Crippen molar-refractivity contribution in [1.29, 1.82) is 0 Å². The molecule has 0 unspecified atom stereocenters. The van der Waals surface area contributed by atoms with Gasteiger partial charge in [-0.15, -0.1) is 0 Å². The van der Waals surface area contributed by atoms with Crippen LogP contribution in [-0.4, -0.2) is 29.6 Å². The predicted octanol–water partition coefficient (Wildman–Crippen LogP) is 2.97. The number of fused-ring (bicyclic) bond motifs is 1. The van der Waals surface area contributed by atoms with E-state index in [1.807, 2.05) is 31.3 Å². The zero-order valence-corrected chi connectivity index (χ0v) is 10.9. The molecule has 4 nitrogen and oxygen atoms in total. The molecule has 1 aromatic heterocycles. The van der Waals surface area contributed by atoms with E-state index in [1.54, 1.807) is 0 Å². The van der Waals surface area contributed by atoms with Crippen molar-refractivity contribution in [3.63, 3.8) is 0 Å². The van der Waals surface area contributed by atoms with Crippen molar-refractivity contribution in [2.45, 2.75) is 19.4 Å². The van der Waals surface area contributed by atoms with Crippen molar-refractivity contribution in [3.05, 3.63) is 35.6 Å². The molecular formula is C15H17NO3. The lowest BCUT2D eigenvalue weighted by atomic mass is 10.1. The zero-order valence-electron chi connectivity index (χ0n) is 10.9. The standard InChI is InChI=1S/C15H17NO3/c1-16(8-10-6-7-10)9-12-11-4-2-3-5-13(11)19-14(12)15(17)18/h2-5,10H,6-9H2,1H3,(H,17,18). The fraction of sp³-hybridized carbons (Fsp3) is 0.400. The van der Waals surface area contributed by atoms with Crippen LogP contribution in [0.4, 0.5) is 0 Å². The fourth-order valence-electron chi connectivity index (χ4n) is 2.50. The van der Waals surface area contributed by atoms with E-state index in [9.17, 15) is 9.90 Å². The van der Waals surface area contributed by atoms with Gasteiger partial charge in [0.25, 0.3) is 0 Å². The Labute approximate surface area is 111 Å². The van der Waals surface area contributed by atoms with Gasteiger partial charge in [0.15, 0.2) is 0 Å². The Kier molecular flexibility index (Phi) is 3.03. The van der Waals surface area contributed by atoms with Crippen molar-refractivity contribution in [2.24, 2.45) is 5.92 Å². The minimum Gasteiger partial charge on any atom is -0.475 e. The molecule has 1 saturated carbocycles. The van der Waals surface area contributed by atoms with Gasteiger partial charge in [0.2, 0.25) is 5.76 Å². The maximum atomic E-state index is 11.3. The monoisotopic (exact) mass is 259 g/mol. The number of benzene rings is 1. The van der Waals surface area contributed by atoms with Gasteiger partial charge in [0, 0.05) is 24.0 Å². The third-order valence-corrected chi connectivity index (χ3v) is 3.59.